The lowest BCUT2D eigenvalue weighted by Crippen LogP contribution is -2.33. The molecule has 0 bridgehead atoms. The highest BCUT2D eigenvalue weighted by molar-refractivity contribution is 6.02. The van der Waals surface area contributed by atoms with Gasteiger partial charge in [0.2, 0.25) is 0 Å². The van der Waals surface area contributed by atoms with Crippen LogP contribution in [0.25, 0.3) is 11.8 Å². The number of ether oxygens (including phenoxy) is 1. The minimum absolute atomic E-state index is 0.0992. The Bertz CT molecular complexity index is 1050. The molecule has 2 aromatic rings. The molecule has 1 aromatic carbocycles. The van der Waals surface area contributed by atoms with E-state index >= 15 is 0 Å². The van der Waals surface area contributed by atoms with Crippen molar-refractivity contribution in [1.82, 2.24) is 9.88 Å². The maximum atomic E-state index is 12.6. The van der Waals surface area contributed by atoms with Crippen LogP contribution in [0.3, 0.4) is 0 Å². The summed E-state index contributed by atoms with van der Waals surface area (Å²) in [4.78, 5) is 24.6. The van der Waals surface area contributed by atoms with Crippen LogP contribution >= 0.6 is 0 Å². The van der Waals surface area contributed by atoms with Crippen LogP contribution in [0.15, 0.2) is 29.8 Å². The average Bonchev–Trinajstić information content (AvgIpc) is 3.33. The van der Waals surface area contributed by atoms with Crippen LogP contribution in [-0.4, -0.2) is 29.6 Å². The van der Waals surface area contributed by atoms with E-state index in [2.05, 4.69) is 5.32 Å². The van der Waals surface area contributed by atoms with E-state index in [9.17, 15) is 14.9 Å². The third-order valence-electron chi connectivity index (χ3n) is 5.78. The summed E-state index contributed by atoms with van der Waals surface area (Å²) in [6.07, 6.45) is 5.80. The van der Waals surface area contributed by atoms with E-state index in [1.807, 2.05) is 49.6 Å². The summed E-state index contributed by atoms with van der Waals surface area (Å²) >= 11 is 0. The predicted octanol–water partition coefficient (Wildman–Crippen LogP) is 4.15. The van der Waals surface area contributed by atoms with Gasteiger partial charge in [0.1, 0.15) is 11.6 Å². The first kappa shape index (κ1) is 21.4. The molecule has 0 spiro atoms. The van der Waals surface area contributed by atoms with E-state index in [1.165, 1.54) is 7.11 Å². The maximum absolute atomic E-state index is 12.6. The molecule has 0 aliphatic heterocycles. The minimum Gasteiger partial charge on any atom is -0.465 e. The van der Waals surface area contributed by atoms with Gasteiger partial charge in [0, 0.05) is 23.1 Å². The topological polar surface area (TPSA) is 84.1 Å². The van der Waals surface area contributed by atoms with Crippen molar-refractivity contribution < 1.29 is 14.3 Å². The molecular formula is C24H27N3O3. The Balaban J connectivity index is 1.98. The second-order valence-electron chi connectivity index (χ2n) is 7.73. The summed E-state index contributed by atoms with van der Waals surface area (Å²) < 4.78 is 6.91. The SMILES string of the molecule is COC(=O)c1cccc(-n2c(C)cc(/C=C(/C#N)C(=O)NC3CCCC3)c2C)c1C. The summed E-state index contributed by atoms with van der Waals surface area (Å²) in [6, 6.07) is 9.64. The third kappa shape index (κ3) is 4.16. The van der Waals surface area contributed by atoms with Crippen molar-refractivity contribution in [2.24, 2.45) is 0 Å². The molecule has 30 heavy (non-hydrogen) atoms. The largest absolute Gasteiger partial charge is 0.465 e. The Morgan fingerprint density at radius 2 is 1.93 bits per heavy atom. The number of carbonyl (C=O) groups excluding carboxylic acids is 2. The second kappa shape index (κ2) is 9.00. The first-order valence-electron chi connectivity index (χ1n) is 10.2. The van der Waals surface area contributed by atoms with Crippen molar-refractivity contribution in [2.75, 3.05) is 7.11 Å². The van der Waals surface area contributed by atoms with Gasteiger partial charge in [-0.05, 0) is 69.0 Å². The van der Waals surface area contributed by atoms with E-state index in [1.54, 1.807) is 12.1 Å². The number of amides is 1. The van der Waals surface area contributed by atoms with Crippen molar-refractivity contribution in [3.05, 3.63) is 57.9 Å². The summed E-state index contributed by atoms with van der Waals surface area (Å²) in [5, 5.41) is 12.5. The van der Waals surface area contributed by atoms with E-state index < -0.39 is 0 Å². The number of nitriles is 1. The Kier molecular flexibility index (Phi) is 6.41. The molecule has 1 amide bonds. The second-order valence-corrected chi connectivity index (χ2v) is 7.73. The fourth-order valence-electron chi connectivity index (χ4n) is 4.14. The molecular weight excluding hydrogens is 378 g/mol. The van der Waals surface area contributed by atoms with E-state index in [0.717, 1.165) is 53.9 Å². The number of aryl methyl sites for hydroxylation is 1. The molecule has 1 saturated carbocycles. The van der Waals surface area contributed by atoms with Gasteiger partial charge in [-0.3, -0.25) is 4.79 Å². The number of rotatable bonds is 5. The van der Waals surface area contributed by atoms with E-state index in [4.69, 9.17) is 4.74 Å². The van der Waals surface area contributed by atoms with Gasteiger partial charge in [-0.1, -0.05) is 18.9 Å². The lowest BCUT2D eigenvalue weighted by molar-refractivity contribution is -0.117. The van der Waals surface area contributed by atoms with Crippen LogP contribution in [0, 0.1) is 32.1 Å². The fourth-order valence-corrected chi connectivity index (χ4v) is 4.14. The quantitative estimate of drug-likeness (QED) is 0.460. The highest BCUT2D eigenvalue weighted by Gasteiger charge is 2.21. The monoisotopic (exact) mass is 405 g/mol. The lowest BCUT2D eigenvalue weighted by Gasteiger charge is -2.15. The lowest BCUT2D eigenvalue weighted by atomic mass is 10.1. The van der Waals surface area contributed by atoms with Crippen molar-refractivity contribution in [3.63, 3.8) is 0 Å². The zero-order valence-corrected chi connectivity index (χ0v) is 17.9. The van der Waals surface area contributed by atoms with Gasteiger partial charge in [0.05, 0.1) is 12.7 Å². The number of aromatic nitrogens is 1. The van der Waals surface area contributed by atoms with Gasteiger partial charge < -0.3 is 14.6 Å². The normalized spacial score (nSPS) is 14.4. The van der Waals surface area contributed by atoms with Crippen LogP contribution in [0.4, 0.5) is 0 Å². The smallest absolute Gasteiger partial charge is 0.338 e. The van der Waals surface area contributed by atoms with Gasteiger partial charge in [0.25, 0.3) is 5.91 Å². The molecule has 0 saturated heterocycles. The van der Waals surface area contributed by atoms with Crippen molar-refractivity contribution in [3.8, 4) is 11.8 Å². The Morgan fingerprint density at radius 1 is 1.23 bits per heavy atom. The zero-order valence-electron chi connectivity index (χ0n) is 17.9. The predicted molar refractivity (Wildman–Crippen MR) is 115 cm³/mol. The van der Waals surface area contributed by atoms with Crippen LogP contribution in [0.5, 0.6) is 0 Å². The number of benzene rings is 1. The molecule has 1 fully saturated rings. The molecule has 6 nitrogen and oxygen atoms in total. The van der Waals surface area contributed by atoms with Crippen LogP contribution in [0.1, 0.15) is 58.6 Å². The molecule has 1 aromatic heterocycles. The Hall–Kier alpha value is -3.33. The van der Waals surface area contributed by atoms with Gasteiger partial charge >= 0.3 is 5.97 Å². The number of hydrogen-bond donors (Lipinski definition) is 1. The standard InChI is InChI=1S/C24H27N3O3/c1-15-12-18(13-19(14-25)23(28)26-20-8-5-6-9-20)17(3)27(15)22-11-7-10-21(16(22)2)24(29)30-4/h7,10-13,20H,5-6,8-9H2,1-4H3,(H,26,28)/b19-13-. The van der Waals surface area contributed by atoms with Gasteiger partial charge in [0.15, 0.2) is 0 Å². The molecule has 0 atom stereocenters. The van der Waals surface area contributed by atoms with Crippen LogP contribution in [0.2, 0.25) is 0 Å². The molecule has 1 aliphatic rings. The zero-order chi connectivity index (χ0) is 21.8. The van der Waals surface area contributed by atoms with Crippen molar-refractivity contribution in [1.29, 1.82) is 5.26 Å². The van der Waals surface area contributed by atoms with Gasteiger partial charge in [-0.25, -0.2) is 4.79 Å². The summed E-state index contributed by atoms with van der Waals surface area (Å²) in [5.41, 5.74) is 4.91. The third-order valence-corrected chi connectivity index (χ3v) is 5.78. The minimum atomic E-state index is -0.382. The molecule has 1 aliphatic carbocycles. The number of nitrogens with one attached hydrogen (secondary N) is 1. The number of nitrogens with zero attached hydrogens (tertiary/aromatic N) is 2. The molecule has 0 radical (unpaired) electrons. The van der Waals surface area contributed by atoms with Crippen molar-refractivity contribution in [2.45, 2.75) is 52.5 Å². The van der Waals surface area contributed by atoms with Crippen LogP contribution < -0.4 is 5.32 Å². The van der Waals surface area contributed by atoms with Crippen molar-refractivity contribution >= 4 is 18.0 Å². The number of hydrogen-bond acceptors (Lipinski definition) is 4. The summed E-state index contributed by atoms with van der Waals surface area (Å²) in [7, 11) is 1.36. The van der Waals surface area contributed by atoms with Gasteiger partial charge in [-0.15, -0.1) is 0 Å². The highest BCUT2D eigenvalue weighted by atomic mass is 16.5. The molecule has 6 heteroatoms. The fraction of sp³-hybridized carbons (Fsp3) is 0.375. The van der Waals surface area contributed by atoms with E-state index in [0.29, 0.717) is 5.56 Å². The molecule has 0 unspecified atom stereocenters. The summed E-state index contributed by atoms with van der Waals surface area (Å²) in [6.45, 7) is 5.78. The molecule has 156 valence electrons. The molecule has 1 N–H and O–H groups in total. The Morgan fingerprint density at radius 3 is 2.57 bits per heavy atom. The number of methoxy groups -OCH3 is 1. The Labute approximate surface area is 177 Å². The maximum Gasteiger partial charge on any atom is 0.338 e. The first-order valence-corrected chi connectivity index (χ1v) is 10.2. The van der Waals surface area contributed by atoms with Crippen LogP contribution in [-0.2, 0) is 9.53 Å². The number of esters is 1. The number of carbonyl (C=O) groups is 2. The van der Waals surface area contributed by atoms with E-state index in [-0.39, 0.29) is 23.5 Å². The average molecular weight is 405 g/mol. The highest BCUT2D eigenvalue weighted by Crippen LogP contribution is 2.27. The van der Waals surface area contributed by atoms with Gasteiger partial charge in [-0.2, -0.15) is 5.26 Å². The molecule has 1 heterocycles. The molecule has 3 rings (SSSR count). The summed E-state index contributed by atoms with van der Waals surface area (Å²) in [5.74, 6) is -0.703. The first-order chi connectivity index (χ1) is 14.4.